The van der Waals surface area contributed by atoms with E-state index in [1.807, 2.05) is 0 Å². The van der Waals surface area contributed by atoms with E-state index in [0.29, 0.717) is 12.5 Å². The minimum atomic E-state index is -4.42. The van der Waals surface area contributed by atoms with E-state index in [1.165, 1.54) is 0 Å². The molecule has 1 aromatic rings. The number of anilines is 2. The predicted octanol–water partition coefficient (Wildman–Crippen LogP) is 3.23. The largest absolute Gasteiger partial charge is 0.416 e. The number of nitrogens with two attached hydrogens (primary N) is 1. The first-order valence-electron chi connectivity index (χ1n) is 6.57. The summed E-state index contributed by atoms with van der Waals surface area (Å²) in [6.07, 6.45) is -2.22. The maximum Gasteiger partial charge on any atom is 0.416 e. The Balaban J connectivity index is 2.15. The summed E-state index contributed by atoms with van der Waals surface area (Å²) >= 11 is 0. The van der Waals surface area contributed by atoms with Crippen molar-refractivity contribution in [3.63, 3.8) is 0 Å². The van der Waals surface area contributed by atoms with Crippen molar-refractivity contribution in [2.45, 2.75) is 32.9 Å². The maximum absolute atomic E-state index is 12.8. The van der Waals surface area contributed by atoms with Crippen LogP contribution in [-0.2, 0) is 6.18 Å². The molecule has 20 heavy (non-hydrogen) atoms. The Morgan fingerprint density at radius 3 is 2.35 bits per heavy atom. The monoisotopic (exact) mass is 288 g/mol. The second kappa shape index (κ2) is 5.12. The molecule has 0 aromatic carbocycles. The number of nitrogens with zero attached hydrogens (tertiary/aromatic N) is 1. The lowest BCUT2D eigenvalue weighted by Gasteiger charge is -2.21. The van der Waals surface area contributed by atoms with Crippen LogP contribution in [0.3, 0.4) is 0 Å². The van der Waals surface area contributed by atoms with E-state index in [-0.39, 0.29) is 17.1 Å². The lowest BCUT2D eigenvalue weighted by atomic mass is 9.92. The molecule has 0 aliphatic heterocycles. The van der Waals surface area contributed by atoms with Crippen LogP contribution in [0.2, 0.25) is 0 Å². The SMILES string of the molecule is CC(C)C1(CNc2cc(C(F)(F)F)cc(NN)n2)CC1. The highest BCUT2D eigenvalue weighted by molar-refractivity contribution is 5.49. The van der Waals surface area contributed by atoms with Crippen molar-refractivity contribution in [1.82, 2.24) is 4.98 Å². The van der Waals surface area contributed by atoms with Crippen LogP contribution >= 0.6 is 0 Å². The van der Waals surface area contributed by atoms with Crippen molar-refractivity contribution < 1.29 is 13.2 Å². The molecule has 4 N–H and O–H groups in total. The van der Waals surface area contributed by atoms with Gasteiger partial charge in [0.05, 0.1) is 5.56 Å². The second-order valence-corrected chi connectivity index (χ2v) is 5.64. The number of rotatable bonds is 5. The molecule has 0 unspecified atom stereocenters. The highest BCUT2D eigenvalue weighted by atomic mass is 19.4. The third-order valence-corrected chi connectivity index (χ3v) is 4.04. The van der Waals surface area contributed by atoms with Gasteiger partial charge < -0.3 is 10.7 Å². The van der Waals surface area contributed by atoms with E-state index < -0.39 is 11.7 Å². The van der Waals surface area contributed by atoms with Gasteiger partial charge in [0.2, 0.25) is 0 Å². The Morgan fingerprint density at radius 2 is 1.90 bits per heavy atom. The molecule has 7 heteroatoms. The summed E-state index contributed by atoms with van der Waals surface area (Å²) in [6, 6.07) is 1.90. The normalized spacial score (nSPS) is 17.1. The van der Waals surface area contributed by atoms with Crippen LogP contribution in [0, 0.1) is 11.3 Å². The Kier molecular flexibility index (Phi) is 3.82. The molecule has 1 aromatic heterocycles. The molecule has 4 nitrogen and oxygen atoms in total. The number of nitrogens with one attached hydrogen (secondary N) is 2. The van der Waals surface area contributed by atoms with Gasteiger partial charge in [0, 0.05) is 6.54 Å². The highest BCUT2D eigenvalue weighted by Gasteiger charge is 2.45. The fourth-order valence-corrected chi connectivity index (χ4v) is 2.24. The first kappa shape index (κ1) is 14.9. The fourth-order valence-electron chi connectivity index (χ4n) is 2.24. The van der Waals surface area contributed by atoms with Crippen molar-refractivity contribution in [2.75, 3.05) is 17.3 Å². The van der Waals surface area contributed by atoms with E-state index in [4.69, 9.17) is 5.84 Å². The molecule has 1 aliphatic carbocycles. The average Bonchev–Trinajstić information content (AvgIpc) is 3.16. The molecule has 1 aliphatic rings. The first-order chi connectivity index (χ1) is 9.27. The predicted molar refractivity (Wildman–Crippen MR) is 72.0 cm³/mol. The first-order valence-corrected chi connectivity index (χ1v) is 6.57. The molecule has 0 bridgehead atoms. The maximum atomic E-state index is 12.8. The van der Waals surface area contributed by atoms with E-state index in [2.05, 4.69) is 29.6 Å². The number of halogens is 3. The third kappa shape index (κ3) is 3.15. The van der Waals surface area contributed by atoms with Gasteiger partial charge in [-0.05, 0) is 36.3 Å². The average molecular weight is 288 g/mol. The Morgan fingerprint density at radius 1 is 1.30 bits per heavy atom. The topological polar surface area (TPSA) is 63.0 Å². The van der Waals surface area contributed by atoms with Gasteiger partial charge in [0.1, 0.15) is 11.6 Å². The van der Waals surface area contributed by atoms with Crippen LogP contribution in [-0.4, -0.2) is 11.5 Å². The van der Waals surface area contributed by atoms with Crippen molar-refractivity contribution in [3.8, 4) is 0 Å². The van der Waals surface area contributed by atoms with Crippen LogP contribution in [0.15, 0.2) is 12.1 Å². The number of pyridine rings is 1. The van der Waals surface area contributed by atoms with Gasteiger partial charge in [-0.15, -0.1) is 0 Å². The van der Waals surface area contributed by atoms with Crippen LogP contribution in [0.5, 0.6) is 0 Å². The number of alkyl halides is 3. The Bertz CT molecular complexity index is 481. The van der Waals surface area contributed by atoms with E-state index >= 15 is 0 Å². The van der Waals surface area contributed by atoms with E-state index in [9.17, 15) is 13.2 Å². The zero-order valence-corrected chi connectivity index (χ0v) is 11.5. The standard InChI is InChI=1S/C13H19F3N4/c1-8(2)12(3-4-12)7-18-10-5-9(13(14,15)16)6-11(19-10)20-17/h5-6,8H,3-4,7,17H2,1-2H3,(H2,18,19,20). The van der Waals surface area contributed by atoms with Crippen molar-refractivity contribution >= 4 is 11.6 Å². The molecular formula is C13H19F3N4. The quantitative estimate of drug-likeness (QED) is 0.575. The third-order valence-electron chi connectivity index (χ3n) is 4.04. The summed E-state index contributed by atoms with van der Waals surface area (Å²) in [7, 11) is 0. The van der Waals surface area contributed by atoms with Gasteiger partial charge in [-0.3, -0.25) is 0 Å². The minimum absolute atomic E-state index is 0.00304. The Hall–Kier alpha value is -1.50. The fraction of sp³-hybridized carbons (Fsp3) is 0.615. The van der Waals surface area contributed by atoms with Gasteiger partial charge in [-0.25, -0.2) is 10.8 Å². The Labute approximate surface area is 115 Å². The van der Waals surface area contributed by atoms with Gasteiger partial charge in [-0.1, -0.05) is 13.8 Å². The molecule has 0 atom stereocenters. The minimum Gasteiger partial charge on any atom is -0.369 e. The van der Waals surface area contributed by atoms with Gasteiger partial charge in [0.15, 0.2) is 0 Å². The zero-order valence-electron chi connectivity index (χ0n) is 11.5. The summed E-state index contributed by atoms with van der Waals surface area (Å²) in [6.45, 7) is 4.88. The lowest BCUT2D eigenvalue weighted by Crippen LogP contribution is -2.22. The van der Waals surface area contributed by atoms with Gasteiger partial charge in [-0.2, -0.15) is 13.2 Å². The second-order valence-electron chi connectivity index (χ2n) is 5.64. The smallest absolute Gasteiger partial charge is 0.369 e. The molecule has 0 radical (unpaired) electrons. The van der Waals surface area contributed by atoms with Gasteiger partial charge in [0.25, 0.3) is 0 Å². The molecular weight excluding hydrogens is 269 g/mol. The summed E-state index contributed by atoms with van der Waals surface area (Å²) in [5.74, 6) is 5.85. The summed E-state index contributed by atoms with van der Waals surface area (Å²) < 4.78 is 38.3. The number of nitrogen functional groups attached to an aromatic ring is 1. The molecule has 2 rings (SSSR count). The summed E-state index contributed by atoms with van der Waals surface area (Å²) in [4.78, 5) is 4.01. The number of aromatic nitrogens is 1. The van der Waals surface area contributed by atoms with Crippen molar-refractivity contribution in [2.24, 2.45) is 17.2 Å². The summed E-state index contributed by atoms with van der Waals surface area (Å²) in [5.41, 5.74) is 1.58. The van der Waals surface area contributed by atoms with Gasteiger partial charge >= 0.3 is 6.18 Å². The molecule has 1 heterocycles. The van der Waals surface area contributed by atoms with Crippen molar-refractivity contribution in [1.29, 1.82) is 0 Å². The number of hydrazine groups is 1. The van der Waals surface area contributed by atoms with Crippen LogP contribution < -0.4 is 16.6 Å². The number of hydrogen-bond acceptors (Lipinski definition) is 4. The molecule has 1 fully saturated rings. The van der Waals surface area contributed by atoms with Crippen LogP contribution in [0.25, 0.3) is 0 Å². The highest BCUT2D eigenvalue weighted by Crippen LogP contribution is 2.51. The summed E-state index contributed by atoms with van der Waals surface area (Å²) in [5, 5.41) is 3.01. The van der Waals surface area contributed by atoms with E-state index in [1.54, 1.807) is 0 Å². The van der Waals surface area contributed by atoms with E-state index in [0.717, 1.165) is 25.0 Å². The zero-order chi connectivity index (χ0) is 15.0. The molecule has 0 spiro atoms. The van der Waals surface area contributed by atoms with Crippen molar-refractivity contribution in [3.05, 3.63) is 17.7 Å². The van der Waals surface area contributed by atoms with Crippen LogP contribution in [0.4, 0.5) is 24.8 Å². The lowest BCUT2D eigenvalue weighted by molar-refractivity contribution is -0.137. The number of hydrogen-bond donors (Lipinski definition) is 3. The molecule has 1 saturated carbocycles. The molecule has 112 valence electrons. The molecule has 0 amide bonds. The van der Waals surface area contributed by atoms with Crippen LogP contribution in [0.1, 0.15) is 32.3 Å². The molecule has 0 saturated heterocycles.